The van der Waals surface area contributed by atoms with Crippen molar-refractivity contribution >= 4 is 23.3 Å². The Morgan fingerprint density at radius 1 is 1.16 bits per heavy atom. The summed E-state index contributed by atoms with van der Waals surface area (Å²) in [5.74, 6) is -0.421. The average Bonchev–Trinajstić information content (AvgIpc) is 3.34. The molecule has 10 heteroatoms. The highest BCUT2D eigenvalue weighted by Crippen LogP contribution is 2.42. The van der Waals surface area contributed by atoms with Crippen LogP contribution in [0.3, 0.4) is 0 Å². The summed E-state index contributed by atoms with van der Waals surface area (Å²) in [6, 6.07) is 4.64. The highest BCUT2D eigenvalue weighted by molar-refractivity contribution is 6.07. The van der Waals surface area contributed by atoms with Crippen LogP contribution in [0.15, 0.2) is 37.2 Å². The van der Waals surface area contributed by atoms with Crippen molar-refractivity contribution < 1.29 is 18.7 Å². The first-order valence-electron chi connectivity index (χ1n) is 15.1. The van der Waals surface area contributed by atoms with Crippen LogP contribution in [-0.4, -0.2) is 57.0 Å². The maximum Gasteiger partial charge on any atom is 0.274 e. The number of fused-ring (bicyclic) bond motifs is 3. The standard InChI is InChI=1S/C33H39FN6O3/c1-5-28(41)38-10-8-6-7-9-23(38)18-43-30-29(36-19-37-31(30)35)24-14-22(34)15-25(20(24)2)40-12-11-39-26(32(40)42)13-21-16-33(3,4)17-27(21)39/h5,13-15,19,23H,1,6-12,16-18H2,2-4H3,(H2,35,36,37)/t23-/m0/s1. The number of aromatic nitrogens is 3. The molecule has 2 amide bonds. The fourth-order valence-electron chi connectivity index (χ4n) is 6.99. The summed E-state index contributed by atoms with van der Waals surface area (Å²) in [5.41, 5.74) is 11.6. The van der Waals surface area contributed by atoms with E-state index in [9.17, 15) is 9.59 Å². The van der Waals surface area contributed by atoms with E-state index in [-0.39, 0.29) is 41.4 Å². The molecule has 0 bridgehead atoms. The molecule has 3 aromatic rings. The third-order valence-corrected chi connectivity index (χ3v) is 9.10. The van der Waals surface area contributed by atoms with Crippen LogP contribution in [0.5, 0.6) is 5.75 Å². The van der Waals surface area contributed by atoms with Crippen molar-refractivity contribution in [2.24, 2.45) is 5.41 Å². The van der Waals surface area contributed by atoms with Crippen LogP contribution in [0.2, 0.25) is 0 Å². The topological polar surface area (TPSA) is 107 Å². The number of carbonyl (C=O) groups excluding carboxylic acids is 2. The quantitative estimate of drug-likeness (QED) is 0.403. The van der Waals surface area contributed by atoms with E-state index in [1.54, 1.807) is 9.80 Å². The van der Waals surface area contributed by atoms with Crippen molar-refractivity contribution in [3.63, 3.8) is 0 Å². The molecule has 0 saturated carbocycles. The molecule has 1 aromatic carbocycles. The first-order valence-corrected chi connectivity index (χ1v) is 15.1. The molecular weight excluding hydrogens is 547 g/mol. The molecule has 0 radical (unpaired) electrons. The van der Waals surface area contributed by atoms with E-state index < -0.39 is 5.82 Å². The molecule has 226 valence electrons. The molecule has 4 heterocycles. The van der Waals surface area contributed by atoms with Gasteiger partial charge in [-0.1, -0.05) is 33.3 Å². The number of ether oxygens (including phenoxy) is 1. The van der Waals surface area contributed by atoms with Gasteiger partial charge in [-0.15, -0.1) is 0 Å². The molecule has 1 fully saturated rings. The van der Waals surface area contributed by atoms with Crippen molar-refractivity contribution in [1.82, 2.24) is 19.4 Å². The van der Waals surface area contributed by atoms with Crippen molar-refractivity contribution in [3.05, 3.63) is 65.5 Å². The van der Waals surface area contributed by atoms with Crippen molar-refractivity contribution in [2.45, 2.75) is 71.9 Å². The number of nitrogens with two attached hydrogens (primary N) is 1. The fraction of sp³-hybridized carbons (Fsp3) is 0.455. The van der Waals surface area contributed by atoms with E-state index >= 15 is 4.39 Å². The Morgan fingerprint density at radius 2 is 1.98 bits per heavy atom. The molecule has 43 heavy (non-hydrogen) atoms. The minimum absolute atomic E-state index is 0.120. The number of halogens is 1. The Labute approximate surface area is 251 Å². The lowest BCUT2D eigenvalue weighted by atomic mass is 9.90. The van der Waals surface area contributed by atoms with Crippen LogP contribution in [0.1, 0.15) is 66.8 Å². The van der Waals surface area contributed by atoms with E-state index in [1.807, 2.05) is 13.0 Å². The minimum Gasteiger partial charge on any atom is -0.485 e. The van der Waals surface area contributed by atoms with Crippen LogP contribution < -0.4 is 15.4 Å². The number of benzene rings is 1. The molecule has 9 nitrogen and oxygen atoms in total. The van der Waals surface area contributed by atoms with Crippen molar-refractivity contribution in [1.29, 1.82) is 0 Å². The van der Waals surface area contributed by atoms with Gasteiger partial charge in [-0.2, -0.15) is 0 Å². The van der Waals surface area contributed by atoms with Gasteiger partial charge < -0.3 is 24.8 Å². The summed E-state index contributed by atoms with van der Waals surface area (Å²) < 4.78 is 23.7. The molecule has 3 aliphatic rings. The Balaban J connectivity index is 1.32. The van der Waals surface area contributed by atoms with E-state index in [4.69, 9.17) is 10.5 Å². The van der Waals surface area contributed by atoms with Gasteiger partial charge in [0.05, 0.1) is 11.7 Å². The number of hydrogen-bond donors (Lipinski definition) is 1. The molecule has 0 unspecified atom stereocenters. The van der Waals surface area contributed by atoms with Gasteiger partial charge in [0.15, 0.2) is 11.6 Å². The normalized spacial score (nSPS) is 19.5. The molecule has 2 N–H and O–H groups in total. The Hall–Kier alpha value is -4.21. The third-order valence-electron chi connectivity index (χ3n) is 9.10. The van der Waals surface area contributed by atoms with Gasteiger partial charge in [0.1, 0.15) is 30.1 Å². The second-order valence-electron chi connectivity index (χ2n) is 12.7. The number of likely N-dealkylation sites (tertiary alicyclic amines) is 1. The molecule has 1 saturated heterocycles. The van der Waals surface area contributed by atoms with Crippen LogP contribution in [0.25, 0.3) is 11.3 Å². The Morgan fingerprint density at radius 3 is 2.77 bits per heavy atom. The summed E-state index contributed by atoms with van der Waals surface area (Å²) >= 11 is 0. The van der Waals surface area contributed by atoms with Gasteiger partial charge in [-0.3, -0.25) is 9.59 Å². The molecule has 0 spiro atoms. The Bertz CT molecular complexity index is 1610. The highest BCUT2D eigenvalue weighted by atomic mass is 19.1. The lowest BCUT2D eigenvalue weighted by molar-refractivity contribution is -0.128. The van der Waals surface area contributed by atoms with Crippen LogP contribution in [-0.2, 0) is 24.2 Å². The molecule has 6 rings (SSSR count). The zero-order chi connectivity index (χ0) is 30.5. The maximum atomic E-state index is 15.3. The first kappa shape index (κ1) is 28.9. The summed E-state index contributed by atoms with van der Waals surface area (Å²) in [4.78, 5) is 38.4. The summed E-state index contributed by atoms with van der Waals surface area (Å²) in [6.45, 7) is 11.9. The van der Waals surface area contributed by atoms with Gasteiger partial charge in [-0.05, 0) is 73.4 Å². The average molecular weight is 587 g/mol. The predicted molar refractivity (Wildman–Crippen MR) is 164 cm³/mol. The van der Waals surface area contributed by atoms with Gasteiger partial charge in [0, 0.05) is 30.9 Å². The number of nitrogens with zero attached hydrogens (tertiary/aromatic N) is 5. The van der Waals surface area contributed by atoms with Crippen molar-refractivity contribution in [2.75, 3.05) is 30.3 Å². The van der Waals surface area contributed by atoms with E-state index in [0.717, 1.165) is 38.5 Å². The largest absolute Gasteiger partial charge is 0.485 e. The number of hydrogen-bond acceptors (Lipinski definition) is 6. The number of anilines is 2. The smallest absolute Gasteiger partial charge is 0.274 e. The molecule has 1 atom stereocenters. The van der Waals surface area contributed by atoms with Gasteiger partial charge in [0.25, 0.3) is 5.91 Å². The number of amides is 2. The predicted octanol–water partition coefficient (Wildman–Crippen LogP) is 5.10. The summed E-state index contributed by atoms with van der Waals surface area (Å²) in [6.07, 6.45) is 8.24. The fourth-order valence-corrected chi connectivity index (χ4v) is 6.99. The molecule has 1 aliphatic carbocycles. The van der Waals surface area contributed by atoms with Gasteiger partial charge in [-0.25, -0.2) is 14.4 Å². The number of rotatable bonds is 6. The van der Waals surface area contributed by atoms with Gasteiger partial charge in [0.2, 0.25) is 5.91 Å². The number of nitrogen functional groups attached to an aromatic ring is 1. The molecular formula is C33H39FN6O3. The monoisotopic (exact) mass is 586 g/mol. The molecule has 2 aliphatic heterocycles. The summed E-state index contributed by atoms with van der Waals surface area (Å²) in [5, 5.41) is 0. The number of carbonyl (C=O) groups is 2. The Kier molecular flexibility index (Phi) is 7.48. The minimum atomic E-state index is -0.497. The third kappa shape index (κ3) is 5.28. The second-order valence-corrected chi connectivity index (χ2v) is 12.7. The summed E-state index contributed by atoms with van der Waals surface area (Å²) in [7, 11) is 0. The SMILES string of the molecule is C=CC(=O)N1CCCCC[C@H]1COc1c(N)ncnc1-c1cc(F)cc(N2CCn3c(cc4c3CC(C)(C)C4)C2=O)c1C. The first-order chi connectivity index (χ1) is 20.6. The van der Waals surface area contributed by atoms with Crippen molar-refractivity contribution in [3.8, 4) is 17.0 Å². The van der Waals surface area contributed by atoms with Crippen LogP contribution in [0.4, 0.5) is 15.9 Å². The lowest BCUT2D eigenvalue weighted by Gasteiger charge is -2.32. The van der Waals surface area contributed by atoms with Crippen LogP contribution >= 0.6 is 0 Å². The van der Waals surface area contributed by atoms with Crippen LogP contribution in [0, 0.1) is 18.2 Å². The molecule has 2 aromatic heterocycles. The van der Waals surface area contributed by atoms with E-state index in [1.165, 1.54) is 35.8 Å². The zero-order valence-corrected chi connectivity index (χ0v) is 25.2. The van der Waals surface area contributed by atoms with E-state index in [0.29, 0.717) is 47.8 Å². The lowest BCUT2D eigenvalue weighted by Crippen LogP contribution is -2.42. The maximum absolute atomic E-state index is 15.3. The second kappa shape index (κ2) is 11.1. The van der Waals surface area contributed by atoms with Gasteiger partial charge >= 0.3 is 0 Å². The van der Waals surface area contributed by atoms with E-state index in [2.05, 4.69) is 35.0 Å². The zero-order valence-electron chi connectivity index (χ0n) is 25.2. The highest BCUT2D eigenvalue weighted by Gasteiger charge is 2.37.